The van der Waals surface area contributed by atoms with Gasteiger partial charge >= 0.3 is 6.61 Å². The van der Waals surface area contributed by atoms with Gasteiger partial charge in [0, 0.05) is 16.6 Å². The summed E-state index contributed by atoms with van der Waals surface area (Å²) in [7, 11) is 0. The van der Waals surface area contributed by atoms with E-state index in [1.807, 2.05) is 48.5 Å². The number of halogens is 2. The summed E-state index contributed by atoms with van der Waals surface area (Å²) >= 11 is 1.71. The number of furan rings is 1. The highest BCUT2D eigenvalue weighted by Gasteiger charge is 2.23. The molecule has 132 valence electrons. The first-order chi connectivity index (χ1) is 12.7. The van der Waals surface area contributed by atoms with E-state index >= 15 is 0 Å². The third-order valence-electron chi connectivity index (χ3n) is 4.05. The highest BCUT2D eigenvalue weighted by Crippen LogP contribution is 2.45. The summed E-state index contributed by atoms with van der Waals surface area (Å²) in [5.41, 5.74) is 2.79. The Labute approximate surface area is 153 Å². The Balaban J connectivity index is 1.68. The molecule has 6 heteroatoms. The Bertz CT molecular complexity index is 908. The molecule has 4 rings (SSSR count). The number of aliphatic imine (C=N–C) groups is 1. The predicted molar refractivity (Wildman–Crippen MR) is 97.6 cm³/mol. The third-order valence-corrected chi connectivity index (χ3v) is 5.37. The molecule has 0 unspecified atom stereocenters. The Morgan fingerprint density at radius 2 is 1.85 bits per heavy atom. The van der Waals surface area contributed by atoms with Crippen LogP contribution in [0, 0.1) is 0 Å². The number of ether oxygens (including phenoxy) is 1. The van der Waals surface area contributed by atoms with E-state index in [1.165, 1.54) is 0 Å². The first-order valence-electron chi connectivity index (χ1n) is 8.11. The van der Waals surface area contributed by atoms with Crippen molar-refractivity contribution in [2.45, 2.75) is 23.2 Å². The molecule has 0 saturated carbocycles. The third kappa shape index (κ3) is 3.65. The lowest BCUT2D eigenvalue weighted by Crippen LogP contribution is -2.05. The van der Waals surface area contributed by atoms with Gasteiger partial charge in [-0.2, -0.15) is 8.78 Å². The predicted octanol–water partition coefficient (Wildman–Crippen LogP) is 6.24. The fraction of sp³-hybridized carbons (Fsp3) is 0.150. The number of hydrogen-bond acceptors (Lipinski definition) is 4. The summed E-state index contributed by atoms with van der Waals surface area (Å²) in [6, 6.07) is 18.5. The zero-order valence-electron chi connectivity index (χ0n) is 13.6. The van der Waals surface area contributed by atoms with Crippen molar-refractivity contribution in [1.82, 2.24) is 0 Å². The van der Waals surface area contributed by atoms with E-state index in [2.05, 4.69) is 4.74 Å². The maximum atomic E-state index is 12.4. The topological polar surface area (TPSA) is 34.7 Å². The van der Waals surface area contributed by atoms with Crippen LogP contribution in [0.4, 0.5) is 14.5 Å². The summed E-state index contributed by atoms with van der Waals surface area (Å²) in [4.78, 5) is 5.87. The minimum Gasteiger partial charge on any atom is -0.463 e. The molecule has 2 heterocycles. The lowest BCUT2D eigenvalue weighted by Gasteiger charge is -2.16. The quantitative estimate of drug-likeness (QED) is 0.544. The van der Waals surface area contributed by atoms with Gasteiger partial charge in [-0.1, -0.05) is 24.3 Å². The van der Waals surface area contributed by atoms with Crippen LogP contribution in [-0.4, -0.2) is 12.3 Å². The van der Waals surface area contributed by atoms with E-state index in [-0.39, 0.29) is 11.0 Å². The first kappa shape index (κ1) is 16.8. The van der Waals surface area contributed by atoms with Crippen LogP contribution in [0.3, 0.4) is 0 Å². The molecule has 0 saturated heterocycles. The lowest BCUT2D eigenvalue weighted by molar-refractivity contribution is -0.0498. The molecular formula is C20H15F2NO2S. The Kier molecular flexibility index (Phi) is 4.75. The van der Waals surface area contributed by atoms with Gasteiger partial charge in [0.15, 0.2) is 0 Å². The average Bonchev–Trinajstić information content (AvgIpc) is 3.09. The number of thioether (sulfide) groups is 1. The van der Waals surface area contributed by atoms with Crippen LogP contribution in [0.2, 0.25) is 0 Å². The number of alkyl halides is 2. The molecule has 0 amide bonds. The van der Waals surface area contributed by atoms with Gasteiger partial charge in [-0.15, -0.1) is 11.8 Å². The van der Waals surface area contributed by atoms with Gasteiger partial charge in [0.25, 0.3) is 0 Å². The Hall–Kier alpha value is -2.60. The minimum absolute atomic E-state index is 0.0862. The highest BCUT2D eigenvalue weighted by molar-refractivity contribution is 7.99. The van der Waals surface area contributed by atoms with Crippen LogP contribution >= 0.6 is 11.8 Å². The van der Waals surface area contributed by atoms with Crippen molar-refractivity contribution in [3.8, 4) is 5.75 Å². The van der Waals surface area contributed by atoms with E-state index in [1.54, 1.807) is 30.2 Å². The smallest absolute Gasteiger partial charge is 0.387 e. The fourth-order valence-corrected chi connectivity index (χ4v) is 4.09. The van der Waals surface area contributed by atoms with Crippen LogP contribution < -0.4 is 4.74 Å². The molecule has 1 atom stereocenters. The van der Waals surface area contributed by atoms with E-state index in [0.717, 1.165) is 27.6 Å². The summed E-state index contributed by atoms with van der Waals surface area (Å²) < 4.78 is 34.7. The second-order valence-corrected chi connectivity index (χ2v) is 7.01. The zero-order valence-corrected chi connectivity index (χ0v) is 14.5. The van der Waals surface area contributed by atoms with Crippen LogP contribution in [0.5, 0.6) is 5.75 Å². The molecule has 3 nitrogen and oxygen atoms in total. The van der Waals surface area contributed by atoms with Gasteiger partial charge in [-0.05, 0) is 42.0 Å². The lowest BCUT2D eigenvalue weighted by atomic mass is 10.0. The van der Waals surface area contributed by atoms with Crippen LogP contribution in [0.1, 0.15) is 23.0 Å². The van der Waals surface area contributed by atoms with Crippen LogP contribution in [0.25, 0.3) is 0 Å². The molecule has 0 bridgehead atoms. The molecule has 1 aliphatic rings. The van der Waals surface area contributed by atoms with Gasteiger partial charge in [0.05, 0.1) is 17.7 Å². The monoisotopic (exact) mass is 371 g/mol. The number of nitrogens with zero attached hydrogens (tertiary/aromatic N) is 1. The molecule has 3 aromatic rings. The Morgan fingerprint density at radius 3 is 2.58 bits per heavy atom. The largest absolute Gasteiger partial charge is 0.463 e. The summed E-state index contributed by atoms with van der Waals surface area (Å²) in [5.74, 6) is 0.896. The van der Waals surface area contributed by atoms with Crippen molar-refractivity contribution in [2.24, 2.45) is 4.99 Å². The summed E-state index contributed by atoms with van der Waals surface area (Å²) in [5, 5.41) is 0.0862. The molecule has 0 aliphatic carbocycles. The molecule has 0 N–H and O–H groups in total. The highest BCUT2D eigenvalue weighted by atomic mass is 32.2. The van der Waals surface area contributed by atoms with Crippen LogP contribution in [-0.2, 0) is 0 Å². The number of hydrogen-bond donors (Lipinski definition) is 0. The molecule has 2 aromatic carbocycles. The zero-order chi connectivity index (χ0) is 17.9. The van der Waals surface area contributed by atoms with Gasteiger partial charge in [-0.3, -0.25) is 0 Å². The number of benzene rings is 2. The van der Waals surface area contributed by atoms with Gasteiger partial charge in [0.2, 0.25) is 0 Å². The molecule has 1 aliphatic heterocycles. The SMILES string of the molecule is FC(F)Oc1ccc([C@@H]2CC(c3ccco3)=Nc3ccccc3S2)cc1. The second-order valence-electron chi connectivity index (χ2n) is 5.76. The van der Waals surface area contributed by atoms with E-state index in [4.69, 9.17) is 9.41 Å². The van der Waals surface area contributed by atoms with Crippen molar-refractivity contribution in [3.63, 3.8) is 0 Å². The van der Waals surface area contributed by atoms with Gasteiger partial charge < -0.3 is 9.15 Å². The van der Waals surface area contributed by atoms with Crippen molar-refractivity contribution in [1.29, 1.82) is 0 Å². The molecule has 0 spiro atoms. The van der Waals surface area contributed by atoms with Gasteiger partial charge in [0.1, 0.15) is 11.5 Å². The normalized spacial score (nSPS) is 16.7. The first-order valence-corrected chi connectivity index (χ1v) is 8.99. The van der Waals surface area contributed by atoms with E-state index in [9.17, 15) is 8.78 Å². The molecule has 0 radical (unpaired) electrons. The number of para-hydroxylation sites is 1. The van der Waals surface area contributed by atoms with Crippen LogP contribution in [0.15, 0.2) is 81.2 Å². The maximum Gasteiger partial charge on any atom is 0.387 e. The molecule has 1 aromatic heterocycles. The molecule has 26 heavy (non-hydrogen) atoms. The molecular weight excluding hydrogens is 356 g/mol. The second kappa shape index (κ2) is 7.33. The number of fused-ring (bicyclic) bond motifs is 1. The number of rotatable bonds is 4. The standard InChI is InChI=1S/C20H15F2NO2S/c21-20(22)25-14-9-7-13(8-10-14)19-12-16(17-5-3-11-24-17)23-15-4-1-2-6-18(15)26-19/h1-11,19-20H,12H2/t19-/m0/s1. The van der Waals surface area contributed by atoms with Crippen molar-refractivity contribution in [3.05, 3.63) is 78.3 Å². The maximum absolute atomic E-state index is 12.4. The average molecular weight is 371 g/mol. The minimum atomic E-state index is -2.82. The van der Waals surface area contributed by atoms with Gasteiger partial charge in [-0.25, -0.2) is 4.99 Å². The summed E-state index contributed by atoms with van der Waals surface area (Å²) in [6.45, 7) is -2.82. The van der Waals surface area contributed by atoms with E-state index < -0.39 is 6.61 Å². The van der Waals surface area contributed by atoms with Crippen molar-refractivity contribution >= 4 is 23.2 Å². The van der Waals surface area contributed by atoms with Crippen molar-refractivity contribution in [2.75, 3.05) is 0 Å². The fourth-order valence-electron chi connectivity index (χ4n) is 2.86. The van der Waals surface area contributed by atoms with Crippen molar-refractivity contribution < 1.29 is 17.9 Å². The Morgan fingerprint density at radius 1 is 1.04 bits per heavy atom. The molecule has 0 fully saturated rings. The van der Waals surface area contributed by atoms with E-state index in [0.29, 0.717) is 6.42 Å². The summed E-state index contributed by atoms with van der Waals surface area (Å²) in [6.07, 6.45) is 2.30.